The maximum atomic E-state index is 13.0. The Hall–Kier alpha value is -1.43. The van der Waals surface area contributed by atoms with Crippen LogP contribution < -0.4 is 4.74 Å². The highest BCUT2D eigenvalue weighted by atomic mass is 16.7. The van der Waals surface area contributed by atoms with Gasteiger partial charge in [-0.3, -0.25) is 4.79 Å². The molecule has 1 aromatic rings. The third kappa shape index (κ3) is 4.17. The van der Waals surface area contributed by atoms with Gasteiger partial charge in [0.2, 0.25) is 0 Å². The standard InChI is InChI=1S/C25H36O5/c1-4-29-24-15-25-19(12-17(2)13-23(25)30-24)14-22(26)21(25)6-5-11-28-16-18-7-9-20(27-3)10-8-18/h7-10,17,19,21,23-24H,4-6,11-16H2,1-3H3/t17?,19?,21-,23?,24?,25?/m0/s1. The van der Waals surface area contributed by atoms with Gasteiger partial charge in [0.15, 0.2) is 6.29 Å². The first kappa shape index (κ1) is 21.8. The second-order valence-corrected chi connectivity index (χ2v) is 9.37. The summed E-state index contributed by atoms with van der Waals surface area (Å²) in [6, 6.07) is 7.96. The van der Waals surface area contributed by atoms with Crippen LogP contribution in [0.1, 0.15) is 57.9 Å². The Kier molecular flexibility index (Phi) is 6.81. The van der Waals surface area contributed by atoms with E-state index in [1.807, 2.05) is 31.2 Å². The molecule has 3 fully saturated rings. The van der Waals surface area contributed by atoms with Gasteiger partial charge < -0.3 is 18.9 Å². The molecule has 2 aliphatic carbocycles. The molecule has 1 aromatic carbocycles. The van der Waals surface area contributed by atoms with Crippen LogP contribution in [0.4, 0.5) is 0 Å². The van der Waals surface area contributed by atoms with E-state index in [-0.39, 0.29) is 23.7 Å². The summed E-state index contributed by atoms with van der Waals surface area (Å²) in [5.41, 5.74) is 1.12. The van der Waals surface area contributed by atoms with Crippen LogP contribution in [0, 0.1) is 23.2 Å². The minimum absolute atomic E-state index is 0.0145. The molecule has 5 nitrogen and oxygen atoms in total. The average molecular weight is 417 g/mol. The van der Waals surface area contributed by atoms with Crippen molar-refractivity contribution in [2.24, 2.45) is 23.2 Å². The highest BCUT2D eigenvalue weighted by Crippen LogP contribution is 2.63. The Morgan fingerprint density at radius 2 is 2.00 bits per heavy atom. The van der Waals surface area contributed by atoms with Crippen molar-refractivity contribution in [2.75, 3.05) is 20.3 Å². The first-order valence-corrected chi connectivity index (χ1v) is 11.6. The van der Waals surface area contributed by atoms with E-state index in [1.54, 1.807) is 7.11 Å². The van der Waals surface area contributed by atoms with Gasteiger partial charge in [-0.05, 0) is 62.1 Å². The maximum absolute atomic E-state index is 13.0. The molecule has 1 heterocycles. The van der Waals surface area contributed by atoms with Crippen LogP contribution in [-0.2, 0) is 25.6 Å². The molecule has 30 heavy (non-hydrogen) atoms. The van der Waals surface area contributed by atoms with Gasteiger partial charge in [0.05, 0.1) is 19.8 Å². The van der Waals surface area contributed by atoms with Crippen LogP contribution in [0.2, 0.25) is 0 Å². The predicted molar refractivity (Wildman–Crippen MR) is 114 cm³/mol. The molecule has 0 radical (unpaired) electrons. The Labute approximate surface area is 180 Å². The van der Waals surface area contributed by atoms with Crippen molar-refractivity contribution >= 4 is 5.78 Å². The molecule has 6 atom stereocenters. The topological polar surface area (TPSA) is 54.0 Å². The number of Topliss-reactive ketones (excluding diaryl/α,β-unsaturated/α-hetero) is 1. The molecular formula is C25H36O5. The zero-order valence-electron chi connectivity index (χ0n) is 18.6. The molecule has 1 saturated heterocycles. The van der Waals surface area contributed by atoms with Crippen molar-refractivity contribution in [2.45, 2.75) is 71.4 Å². The molecule has 1 spiro atoms. The minimum Gasteiger partial charge on any atom is -0.497 e. The number of carbonyl (C=O) groups is 1. The van der Waals surface area contributed by atoms with Crippen LogP contribution >= 0.6 is 0 Å². The van der Waals surface area contributed by atoms with E-state index in [9.17, 15) is 4.79 Å². The molecule has 1 aliphatic heterocycles. The van der Waals surface area contributed by atoms with Crippen molar-refractivity contribution < 1.29 is 23.7 Å². The number of carbonyl (C=O) groups excluding carboxylic acids is 1. The Morgan fingerprint density at radius 3 is 2.73 bits per heavy atom. The van der Waals surface area contributed by atoms with Gasteiger partial charge in [0.25, 0.3) is 0 Å². The fourth-order valence-corrected chi connectivity index (χ4v) is 6.27. The third-order valence-electron chi connectivity index (χ3n) is 7.55. The summed E-state index contributed by atoms with van der Waals surface area (Å²) in [6.07, 6.45) is 5.62. The zero-order valence-corrected chi connectivity index (χ0v) is 18.6. The summed E-state index contributed by atoms with van der Waals surface area (Å²) < 4.78 is 23.3. The summed E-state index contributed by atoms with van der Waals surface area (Å²) in [6.45, 7) is 6.23. The lowest BCUT2D eigenvalue weighted by Crippen LogP contribution is -2.45. The zero-order chi connectivity index (χ0) is 21.1. The fourth-order valence-electron chi connectivity index (χ4n) is 6.27. The van der Waals surface area contributed by atoms with Gasteiger partial charge in [-0.25, -0.2) is 0 Å². The van der Waals surface area contributed by atoms with E-state index in [1.165, 1.54) is 0 Å². The van der Waals surface area contributed by atoms with Gasteiger partial charge in [0.1, 0.15) is 11.5 Å². The molecule has 166 valence electrons. The summed E-state index contributed by atoms with van der Waals surface area (Å²) in [7, 11) is 1.67. The number of methoxy groups -OCH3 is 1. The highest BCUT2D eigenvalue weighted by Gasteiger charge is 2.64. The molecule has 5 unspecified atom stereocenters. The van der Waals surface area contributed by atoms with E-state index >= 15 is 0 Å². The predicted octanol–water partition coefficient (Wildman–Crippen LogP) is 4.77. The smallest absolute Gasteiger partial charge is 0.158 e. The molecule has 2 saturated carbocycles. The van der Waals surface area contributed by atoms with Crippen LogP contribution in [0.3, 0.4) is 0 Å². The second kappa shape index (κ2) is 9.37. The van der Waals surface area contributed by atoms with E-state index < -0.39 is 0 Å². The van der Waals surface area contributed by atoms with Gasteiger partial charge >= 0.3 is 0 Å². The minimum atomic E-state index is -0.146. The molecule has 0 bridgehead atoms. The molecule has 0 N–H and O–H groups in total. The summed E-state index contributed by atoms with van der Waals surface area (Å²) >= 11 is 0. The Balaban J connectivity index is 1.34. The summed E-state index contributed by atoms with van der Waals surface area (Å²) in [4.78, 5) is 13.0. The number of hydrogen-bond donors (Lipinski definition) is 0. The number of ketones is 1. The van der Waals surface area contributed by atoms with E-state index in [0.717, 1.165) is 49.8 Å². The van der Waals surface area contributed by atoms with Gasteiger partial charge in [-0.2, -0.15) is 0 Å². The number of hydrogen-bond acceptors (Lipinski definition) is 5. The third-order valence-corrected chi connectivity index (χ3v) is 7.55. The lowest BCUT2D eigenvalue weighted by molar-refractivity contribution is -0.145. The molecule has 3 aliphatic rings. The average Bonchev–Trinajstić information content (AvgIpc) is 3.22. The van der Waals surface area contributed by atoms with Crippen LogP contribution in [0.5, 0.6) is 5.75 Å². The van der Waals surface area contributed by atoms with Crippen molar-refractivity contribution in [3.05, 3.63) is 29.8 Å². The Bertz CT molecular complexity index is 717. The summed E-state index contributed by atoms with van der Waals surface area (Å²) in [5.74, 6) is 2.46. The van der Waals surface area contributed by atoms with E-state index in [2.05, 4.69) is 6.92 Å². The SMILES string of the molecule is CCOC1CC23C(CC(=O)[C@@H]2CCCOCc2ccc(OC)cc2)CC(C)CC3O1. The van der Waals surface area contributed by atoms with Crippen molar-refractivity contribution in [1.82, 2.24) is 0 Å². The summed E-state index contributed by atoms with van der Waals surface area (Å²) in [5, 5.41) is 0. The van der Waals surface area contributed by atoms with Gasteiger partial charge in [0, 0.05) is 37.4 Å². The fraction of sp³-hybridized carbons (Fsp3) is 0.720. The largest absolute Gasteiger partial charge is 0.497 e. The van der Waals surface area contributed by atoms with Crippen LogP contribution in [0.15, 0.2) is 24.3 Å². The van der Waals surface area contributed by atoms with Gasteiger partial charge in [-0.15, -0.1) is 0 Å². The lowest BCUT2D eigenvalue weighted by atomic mass is 9.59. The monoisotopic (exact) mass is 416 g/mol. The highest BCUT2D eigenvalue weighted by molar-refractivity contribution is 5.85. The second-order valence-electron chi connectivity index (χ2n) is 9.37. The number of benzene rings is 1. The van der Waals surface area contributed by atoms with Crippen molar-refractivity contribution in [3.63, 3.8) is 0 Å². The quantitative estimate of drug-likeness (QED) is 0.543. The first-order chi connectivity index (χ1) is 14.6. The van der Waals surface area contributed by atoms with Crippen LogP contribution in [0.25, 0.3) is 0 Å². The molecule has 4 rings (SSSR count). The first-order valence-electron chi connectivity index (χ1n) is 11.6. The Morgan fingerprint density at radius 1 is 1.20 bits per heavy atom. The molecule has 0 aromatic heterocycles. The van der Waals surface area contributed by atoms with Gasteiger partial charge in [-0.1, -0.05) is 19.1 Å². The maximum Gasteiger partial charge on any atom is 0.158 e. The van der Waals surface area contributed by atoms with Crippen molar-refractivity contribution in [3.8, 4) is 5.75 Å². The van der Waals surface area contributed by atoms with E-state index in [4.69, 9.17) is 18.9 Å². The normalized spacial score (nSPS) is 35.3. The van der Waals surface area contributed by atoms with Crippen LogP contribution in [-0.4, -0.2) is 38.5 Å². The number of rotatable bonds is 9. The molecule has 0 amide bonds. The molecular weight excluding hydrogens is 380 g/mol. The lowest BCUT2D eigenvalue weighted by Gasteiger charge is -2.45. The van der Waals surface area contributed by atoms with Crippen molar-refractivity contribution in [1.29, 1.82) is 0 Å². The number of ether oxygens (including phenoxy) is 4. The van der Waals surface area contributed by atoms with E-state index in [0.29, 0.717) is 37.4 Å². The molecule has 5 heteroatoms.